The van der Waals surface area contributed by atoms with Gasteiger partial charge in [0.2, 0.25) is 17.0 Å². The van der Waals surface area contributed by atoms with Crippen molar-refractivity contribution in [3.05, 3.63) is 45.8 Å². The minimum atomic E-state index is -0.0165. The first-order valence-corrected chi connectivity index (χ1v) is 11.1. The van der Waals surface area contributed by atoms with Gasteiger partial charge in [-0.2, -0.15) is 4.98 Å². The van der Waals surface area contributed by atoms with E-state index in [1.165, 1.54) is 11.3 Å². The number of hydrogen-bond donors (Lipinski definition) is 1. The lowest BCUT2D eigenvalue weighted by Crippen LogP contribution is -2.21. The normalized spacial score (nSPS) is 13.8. The molecule has 158 valence electrons. The van der Waals surface area contributed by atoms with E-state index < -0.39 is 0 Å². The van der Waals surface area contributed by atoms with E-state index in [1.807, 2.05) is 19.1 Å². The third kappa shape index (κ3) is 3.80. The number of ether oxygens (including phenoxy) is 2. The number of carbonyl (C=O) groups is 1. The summed E-state index contributed by atoms with van der Waals surface area (Å²) in [5.74, 6) is 0.555. The fourth-order valence-electron chi connectivity index (χ4n) is 3.60. The van der Waals surface area contributed by atoms with E-state index in [-0.39, 0.29) is 17.1 Å². The third-order valence-corrected chi connectivity index (χ3v) is 6.37. The molecule has 0 bridgehead atoms. The lowest BCUT2D eigenvalue weighted by Gasteiger charge is -2.10. The molecule has 0 saturated heterocycles. The number of benzene rings is 1. The van der Waals surface area contributed by atoms with Crippen LogP contribution in [-0.4, -0.2) is 39.0 Å². The zero-order valence-corrected chi connectivity index (χ0v) is 18.2. The van der Waals surface area contributed by atoms with Gasteiger partial charge in [0.1, 0.15) is 0 Å². The lowest BCUT2D eigenvalue weighted by molar-refractivity contribution is 0.0960. The Hall–Kier alpha value is -2.88. The van der Waals surface area contributed by atoms with E-state index in [0.717, 1.165) is 38.9 Å². The van der Waals surface area contributed by atoms with Crippen LogP contribution >= 0.6 is 22.9 Å². The summed E-state index contributed by atoms with van der Waals surface area (Å²) >= 11 is 7.44. The fraction of sp³-hybridized carbons (Fsp3) is 0.286. The Balaban J connectivity index is 1.56. The Labute approximate surface area is 186 Å². The first-order valence-electron chi connectivity index (χ1n) is 9.90. The summed E-state index contributed by atoms with van der Waals surface area (Å²) in [5.41, 5.74) is 3.15. The average Bonchev–Trinajstić information content (AvgIpc) is 3.05. The molecule has 1 aliphatic rings. The van der Waals surface area contributed by atoms with Crippen molar-refractivity contribution in [1.82, 2.24) is 25.3 Å². The summed E-state index contributed by atoms with van der Waals surface area (Å²) in [4.78, 5) is 30.6. The summed E-state index contributed by atoms with van der Waals surface area (Å²) < 4.78 is 12.4. The number of nitrogens with one attached hydrogen (secondary N) is 1. The highest BCUT2D eigenvalue weighted by Crippen LogP contribution is 2.37. The van der Waals surface area contributed by atoms with Gasteiger partial charge in [0.15, 0.2) is 0 Å². The Morgan fingerprint density at radius 3 is 3.00 bits per heavy atom. The Bertz CT molecular complexity index is 1310. The summed E-state index contributed by atoms with van der Waals surface area (Å²) in [6.45, 7) is 3.44. The molecule has 0 atom stereocenters. The number of hydrogen-bond acceptors (Lipinski definition) is 8. The predicted molar refractivity (Wildman–Crippen MR) is 118 cm³/mol. The van der Waals surface area contributed by atoms with E-state index in [4.69, 9.17) is 21.1 Å². The number of thiophene rings is 1. The zero-order chi connectivity index (χ0) is 21.4. The van der Waals surface area contributed by atoms with Crippen molar-refractivity contribution < 1.29 is 14.3 Å². The molecule has 0 spiro atoms. The van der Waals surface area contributed by atoms with E-state index in [0.29, 0.717) is 36.7 Å². The molecule has 8 nitrogen and oxygen atoms in total. The monoisotopic (exact) mass is 455 g/mol. The van der Waals surface area contributed by atoms with Gasteiger partial charge in [0, 0.05) is 29.4 Å². The molecule has 1 amide bonds. The number of aryl methyl sites for hydroxylation is 1. The molecule has 0 unspecified atom stereocenters. The van der Waals surface area contributed by atoms with Crippen LogP contribution in [0.25, 0.3) is 21.1 Å². The number of halogens is 1. The van der Waals surface area contributed by atoms with E-state index in [1.54, 1.807) is 12.4 Å². The molecule has 1 aliphatic heterocycles. The molecule has 1 aromatic carbocycles. The number of rotatable bonds is 5. The van der Waals surface area contributed by atoms with E-state index in [2.05, 4.69) is 25.3 Å². The van der Waals surface area contributed by atoms with Crippen LogP contribution in [0.3, 0.4) is 0 Å². The summed E-state index contributed by atoms with van der Waals surface area (Å²) in [6, 6.07) is 3.87. The molecule has 10 heteroatoms. The molecule has 31 heavy (non-hydrogen) atoms. The van der Waals surface area contributed by atoms with Gasteiger partial charge >= 0.3 is 0 Å². The SMILES string of the molecule is CCOCc1cnc(Cl)nc1Oc1cnc2c(ccc3sc4c(c32)CCCNC4=O)n1. The van der Waals surface area contributed by atoms with Gasteiger partial charge in [-0.3, -0.25) is 4.79 Å². The van der Waals surface area contributed by atoms with Crippen molar-refractivity contribution in [2.75, 3.05) is 13.2 Å². The molecule has 3 aromatic heterocycles. The summed E-state index contributed by atoms with van der Waals surface area (Å²) in [5, 5.41) is 4.02. The van der Waals surface area contributed by atoms with Crippen LogP contribution in [0.2, 0.25) is 5.28 Å². The third-order valence-electron chi connectivity index (χ3n) is 4.99. The van der Waals surface area contributed by atoms with Crippen LogP contribution in [-0.2, 0) is 17.8 Å². The second kappa shape index (κ2) is 8.33. The number of carbonyl (C=O) groups excluding carboxylic acids is 1. The van der Waals surface area contributed by atoms with Gasteiger partial charge in [0.05, 0.1) is 34.3 Å². The average molecular weight is 456 g/mol. The number of amides is 1. The van der Waals surface area contributed by atoms with Gasteiger partial charge in [0.25, 0.3) is 5.91 Å². The summed E-state index contributed by atoms with van der Waals surface area (Å²) in [6.07, 6.45) is 4.85. The maximum Gasteiger partial charge on any atom is 0.261 e. The fourth-order valence-corrected chi connectivity index (χ4v) is 4.90. The highest BCUT2D eigenvalue weighted by Gasteiger charge is 2.23. The maximum absolute atomic E-state index is 12.4. The van der Waals surface area contributed by atoms with Gasteiger partial charge in [-0.25, -0.2) is 15.0 Å². The van der Waals surface area contributed by atoms with Gasteiger partial charge in [-0.1, -0.05) is 0 Å². The van der Waals surface area contributed by atoms with Crippen LogP contribution < -0.4 is 10.1 Å². The van der Waals surface area contributed by atoms with Crippen LogP contribution in [0.4, 0.5) is 0 Å². The molecular weight excluding hydrogens is 438 g/mol. The predicted octanol–water partition coefficient (Wildman–Crippen LogP) is 4.29. The summed E-state index contributed by atoms with van der Waals surface area (Å²) in [7, 11) is 0. The van der Waals surface area contributed by atoms with E-state index >= 15 is 0 Å². The van der Waals surface area contributed by atoms with E-state index in [9.17, 15) is 4.79 Å². The van der Waals surface area contributed by atoms with Crippen LogP contribution in [0.15, 0.2) is 24.5 Å². The molecular formula is C21H18ClN5O3S. The van der Waals surface area contributed by atoms with Crippen molar-refractivity contribution in [1.29, 1.82) is 0 Å². The number of nitrogens with zero attached hydrogens (tertiary/aromatic N) is 4. The molecule has 0 fully saturated rings. The van der Waals surface area contributed by atoms with Crippen molar-refractivity contribution >= 4 is 50.0 Å². The second-order valence-corrected chi connectivity index (χ2v) is 8.38. The highest BCUT2D eigenvalue weighted by molar-refractivity contribution is 7.21. The minimum absolute atomic E-state index is 0.0165. The molecule has 0 radical (unpaired) electrons. The molecule has 4 heterocycles. The van der Waals surface area contributed by atoms with Gasteiger partial charge in [-0.05, 0) is 49.1 Å². The minimum Gasteiger partial charge on any atom is -0.418 e. The number of fused-ring (bicyclic) bond motifs is 5. The lowest BCUT2D eigenvalue weighted by atomic mass is 10.0. The smallest absolute Gasteiger partial charge is 0.261 e. The van der Waals surface area contributed by atoms with Crippen molar-refractivity contribution in [3.63, 3.8) is 0 Å². The first-order chi connectivity index (χ1) is 15.1. The van der Waals surface area contributed by atoms with Crippen molar-refractivity contribution in [3.8, 4) is 11.8 Å². The largest absolute Gasteiger partial charge is 0.418 e. The van der Waals surface area contributed by atoms with Crippen molar-refractivity contribution in [2.24, 2.45) is 0 Å². The Kier molecular flexibility index (Phi) is 5.39. The molecule has 4 aromatic rings. The standard InChI is InChI=1S/C21H18ClN5O3S/c1-2-29-10-11-8-25-21(22)27-20(11)30-15-9-24-17-13(26-15)5-6-14-16(17)12-4-3-7-23-19(28)18(12)31-14/h5-6,8-9H,2-4,7,10H2,1H3,(H,23,28). The van der Waals surface area contributed by atoms with Crippen LogP contribution in [0.5, 0.6) is 11.8 Å². The first kappa shape index (κ1) is 20.0. The Morgan fingerprint density at radius 2 is 2.13 bits per heavy atom. The van der Waals surface area contributed by atoms with Crippen LogP contribution in [0, 0.1) is 0 Å². The molecule has 0 saturated carbocycles. The quantitative estimate of drug-likeness (QED) is 0.448. The highest BCUT2D eigenvalue weighted by atomic mass is 35.5. The second-order valence-electron chi connectivity index (χ2n) is 6.99. The Morgan fingerprint density at radius 1 is 1.23 bits per heavy atom. The van der Waals surface area contributed by atoms with Crippen LogP contribution in [0.1, 0.15) is 34.1 Å². The maximum atomic E-state index is 12.4. The molecule has 5 rings (SSSR count). The van der Waals surface area contributed by atoms with Gasteiger partial charge < -0.3 is 14.8 Å². The zero-order valence-electron chi connectivity index (χ0n) is 16.6. The number of aromatic nitrogens is 4. The van der Waals surface area contributed by atoms with Crippen molar-refractivity contribution in [2.45, 2.75) is 26.4 Å². The molecule has 0 aliphatic carbocycles. The topological polar surface area (TPSA) is 99.1 Å². The van der Waals surface area contributed by atoms with Gasteiger partial charge in [-0.15, -0.1) is 11.3 Å². The molecule has 1 N–H and O–H groups in total.